The number of nitrogens with zero attached hydrogens (tertiary/aromatic N) is 2. The Balaban J connectivity index is 1.63. The van der Waals surface area contributed by atoms with Crippen LogP contribution in [0.15, 0.2) is 53.4 Å². The van der Waals surface area contributed by atoms with Crippen molar-refractivity contribution in [3.8, 4) is 0 Å². The Hall–Kier alpha value is -2.29. The molecule has 0 aliphatic carbocycles. The van der Waals surface area contributed by atoms with Gasteiger partial charge in [0.2, 0.25) is 15.9 Å². The van der Waals surface area contributed by atoms with Crippen LogP contribution >= 0.6 is 0 Å². The molecule has 0 spiro atoms. The van der Waals surface area contributed by atoms with Gasteiger partial charge in [-0.1, -0.05) is 38.1 Å². The average Bonchev–Trinajstić information content (AvgIpc) is 2.78. The number of carbonyl (C=O) groups is 1. The standard InChI is InChI=1S/C23H30FN3O3S/c1-4-17(2)21-10-5-6-11-22(21)25-23(28)18(3)26-12-14-27(15-13-26)31(29,30)20-9-7-8-19(24)16-20/h5-11,16-18H,4,12-15H2,1-3H3,(H,25,28)/t17-,18-/m0/s1. The number of carbonyl (C=O) groups excluding carboxylic acids is 1. The number of hydrogen-bond donors (Lipinski definition) is 1. The van der Waals surface area contributed by atoms with Gasteiger partial charge in [-0.3, -0.25) is 9.69 Å². The van der Waals surface area contributed by atoms with Crippen LogP contribution in [0.2, 0.25) is 0 Å². The van der Waals surface area contributed by atoms with Gasteiger partial charge < -0.3 is 5.32 Å². The van der Waals surface area contributed by atoms with Crippen LogP contribution in [0.25, 0.3) is 0 Å². The van der Waals surface area contributed by atoms with Crippen LogP contribution in [0.3, 0.4) is 0 Å². The molecule has 1 fully saturated rings. The molecule has 1 heterocycles. The third-order valence-electron chi connectivity index (χ3n) is 6.00. The average molecular weight is 448 g/mol. The van der Waals surface area contributed by atoms with Crippen LogP contribution in [0.1, 0.15) is 38.7 Å². The van der Waals surface area contributed by atoms with Crippen molar-refractivity contribution in [1.29, 1.82) is 0 Å². The molecule has 1 amide bonds. The largest absolute Gasteiger partial charge is 0.324 e. The van der Waals surface area contributed by atoms with E-state index < -0.39 is 21.9 Å². The molecule has 2 aromatic rings. The number of sulfonamides is 1. The number of anilines is 1. The van der Waals surface area contributed by atoms with E-state index in [-0.39, 0.29) is 23.9 Å². The van der Waals surface area contributed by atoms with Gasteiger partial charge in [-0.05, 0) is 49.1 Å². The van der Waals surface area contributed by atoms with Gasteiger partial charge in [0.15, 0.2) is 0 Å². The Morgan fingerprint density at radius 2 is 1.74 bits per heavy atom. The SMILES string of the molecule is CC[C@H](C)c1ccccc1NC(=O)[C@H](C)N1CCN(S(=O)(=O)c2cccc(F)c2)CC1. The molecule has 0 unspecified atom stereocenters. The van der Waals surface area contributed by atoms with Crippen molar-refractivity contribution in [1.82, 2.24) is 9.21 Å². The zero-order valence-electron chi connectivity index (χ0n) is 18.2. The lowest BCUT2D eigenvalue weighted by Crippen LogP contribution is -2.53. The van der Waals surface area contributed by atoms with Crippen LogP contribution in [-0.4, -0.2) is 55.8 Å². The van der Waals surface area contributed by atoms with Gasteiger partial charge in [0.05, 0.1) is 10.9 Å². The van der Waals surface area contributed by atoms with E-state index in [1.807, 2.05) is 36.1 Å². The highest BCUT2D eigenvalue weighted by molar-refractivity contribution is 7.89. The third kappa shape index (κ3) is 5.31. The first-order chi connectivity index (χ1) is 14.7. The van der Waals surface area contributed by atoms with E-state index in [0.29, 0.717) is 19.0 Å². The summed E-state index contributed by atoms with van der Waals surface area (Å²) in [4.78, 5) is 14.8. The lowest BCUT2D eigenvalue weighted by Gasteiger charge is -2.36. The molecule has 0 radical (unpaired) electrons. The maximum atomic E-state index is 13.5. The first kappa shape index (κ1) is 23.4. The summed E-state index contributed by atoms with van der Waals surface area (Å²) in [5, 5.41) is 3.04. The van der Waals surface area contributed by atoms with Gasteiger partial charge in [0, 0.05) is 31.9 Å². The zero-order valence-corrected chi connectivity index (χ0v) is 19.0. The Labute approximate surface area is 184 Å². The molecular weight excluding hydrogens is 417 g/mol. The Bertz CT molecular complexity index is 1020. The van der Waals surface area contributed by atoms with Crippen molar-refractivity contribution < 1.29 is 17.6 Å². The first-order valence-corrected chi connectivity index (χ1v) is 12.1. The number of benzene rings is 2. The molecule has 8 heteroatoms. The van der Waals surface area contributed by atoms with Gasteiger partial charge >= 0.3 is 0 Å². The van der Waals surface area contributed by atoms with Crippen molar-refractivity contribution in [3.63, 3.8) is 0 Å². The fraction of sp³-hybridized carbons (Fsp3) is 0.435. The highest BCUT2D eigenvalue weighted by Crippen LogP contribution is 2.27. The molecule has 2 aromatic carbocycles. The predicted octanol–water partition coefficient (Wildman–Crippen LogP) is 3.67. The molecule has 1 saturated heterocycles. The van der Waals surface area contributed by atoms with Gasteiger partial charge in [-0.2, -0.15) is 4.31 Å². The summed E-state index contributed by atoms with van der Waals surface area (Å²) in [7, 11) is -3.75. The Morgan fingerprint density at radius 3 is 2.39 bits per heavy atom. The summed E-state index contributed by atoms with van der Waals surface area (Å²) in [6, 6.07) is 12.5. The minimum atomic E-state index is -3.75. The smallest absolute Gasteiger partial charge is 0.243 e. The molecule has 1 aliphatic rings. The number of piperazine rings is 1. The number of halogens is 1. The van der Waals surface area contributed by atoms with Gasteiger partial charge in [0.1, 0.15) is 5.82 Å². The zero-order chi connectivity index (χ0) is 22.6. The number of amides is 1. The van der Waals surface area contributed by atoms with E-state index >= 15 is 0 Å². The summed E-state index contributed by atoms with van der Waals surface area (Å²) < 4.78 is 40.4. The second-order valence-electron chi connectivity index (χ2n) is 7.96. The van der Waals surface area contributed by atoms with Crippen LogP contribution in [0.5, 0.6) is 0 Å². The van der Waals surface area contributed by atoms with Crippen molar-refractivity contribution >= 4 is 21.6 Å². The second-order valence-corrected chi connectivity index (χ2v) is 9.90. The Morgan fingerprint density at radius 1 is 1.06 bits per heavy atom. The second kappa shape index (κ2) is 9.89. The number of nitrogens with one attached hydrogen (secondary N) is 1. The van der Waals surface area contributed by atoms with Crippen LogP contribution in [-0.2, 0) is 14.8 Å². The monoisotopic (exact) mass is 447 g/mol. The third-order valence-corrected chi connectivity index (χ3v) is 7.89. The molecule has 1 N–H and O–H groups in total. The van der Waals surface area contributed by atoms with Crippen LogP contribution in [0.4, 0.5) is 10.1 Å². The van der Waals surface area contributed by atoms with Gasteiger partial charge in [-0.25, -0.2) is 12.8 Å². The normalized spacial score (nSPS) is 17.8. The molecule has 3 rings (SSSR count). The van der Waals surface area contributed by atoms with E-state index in [0.717, 1.165) is 23.7 Å². The van der Waals surface area contributed by atoms with E-state index in [2.05, 4.69) is 19.2 Å². The lowest BCUT2D eigenvalue weighted by atomic mass is 9.97. The van der Waals surface area contributed by atoms with E-state index in [9.17, 15) is 17.6 Å². The number of rotatable bonds is 7. The molecule has 2 atom stereocenters. The van der Waals surface area contributed by atoms with Crippen LogP contribution < -0.4 is 5.32 Å². The summed E-state index contributed by atoms with van der Waals surface area (Å²) in [5.74, 6) is -0.358. The molecule has 1 aliphatic heterocycles. The number of para-hydroxylation sites is 1. The van der Waals surface area contributed by atoms with E-state index in [1.54, 1.807) is 0 Å². The predicted molar refractivity (Wildman–Crippen MR) is 120 cm³/mol. The lowest BCUT2D eigenvalue weighted by molar-refractivity contribution is -0.121. The number of hydrogen-bond acceptors (Lipinski definition) is 4. The van der Waals surface area contributed by atoms with Crippen molar-refractivity contribution in [2.45, 2.75) is 44.0 Å². The van der Waals surface area contributed by atoms with Crippen LogP contribution in [0, 0.1) is 5.82 Å². The highest BCUT2D eigenvalue weighted by Gasteiger charge is 2.32. The first-order valence-electron chi connectivity index (χ1n) is 10.6. The molecule has 31 heavy (non-hydrogen) atoms. The quantitative estimate of drug-likeness (QED) is 0.703. The fourth-order valence-electron chi connectivity index (χ4n) is 3.77. The molecule has 0 bridgehead atoms. The Kier molecular flexibility index (Phi) is 7.46. The topological polar surface area (TPSA) is 69.7 Å². The molecule has 6 nitrogen and oxygen atoms in total. The van der Waals surface area contributed by atoms with Gasteiger partial charge in [0.25, 0.3) is 0 Å². The molecular formula is C23H30FN3O3S. The summed E-state index contributed by atoms with van der Waals surface area (Å²) in [5.41, 5.74) is 1.93. The summed E-state index contributed by atoms with van der Waals surface area (Å²) >= 11 is 0. The maximum Gasteiger partial charge on any atom is 0.243 e. The molecule has 168 valence electrons. The molecule has 0 saturated carbocycles. The van der Waals surface area contributed by atoms with Crippen molar-refractivity contribution in [2.24, 2.45) is 0 Å². The minimum absolute atomic E-state index is 0.0478. The molecule has 0 aromatic heterocycles. The van der Waals surface area contributed by atoms with Crippen molar-refractivity contribution in [3.05, 3.63) is 59.9 Å². The fourth-order valence-corrected chi connectivity index (χ4v) is 5.23. The maximum absolute atomic E-state index is 13.5. The van der Waals surface area contributed by atoms with E-state index in [1.165, 1.54) is 22.5 Å². The highest BCUT2D eigenvalue weighted by atomic mass is 32.2. The van der Waals surface area contributed by atoms with Crippen molar-refractivity contribution in [2.75, 3.05) is 31.5 Å². The van der Waals surface area contributed by atoms with E-state index in [4.69, 9.17) is 0 Å². The summed E-state index contributed by atoms with van der Waals surface area (Å²) in [6.07, 6.45) is 0.976. The summed E-state index contributed by atoms with van der Waals surface area (Å²) in [6.45, 7) is 7.43. The van der Waals surface area contributed by atoms with Gasteiger partial charge in [-0.15, -0.1) is 0 Å². The minimum Gasteiger partial charge on any atom is -0.324 e.